The van der Waals surface area contributed by atoms with Gasteiger partial charge in [0.25, 0.3) is 0 Å². The van der Waals surface area contributed by atoms with Crippen molar-refractivity contribution in [3.8, 4) is 0 Å². The molecule has 1 heterocycles. The number of ketones is 1. The van der Waals surface area contributed by atoms with E-state index in [2.05, 4.69) is 0 Å². The molecule has 1 aliphatic heterocycles. The number of aliphatic hydroxyl groups is 4. The molecule has 0 amide bonds. The predicted octanol–water partition coefficient (Wildman–Crippen LogP) is 0.453. The van der Waals surface area contributed by atoms with Crippen molar-refractivity contribution < 1.29 is 34.7 Å². The third kappa shape index (κ3) is 4.60. The van der Waals surface area contributed by atoms with E-state index in [4.69, 9.17) is 9.47 Å². The van der Waals surface area contributed by atoms with Crippen LogP contribution in [-0.2, 0) is 14.3 Å². The Kier molecular flexibility index (Phi) is 6.76. The Bertz CT molecular complexity index is 578. The van der Waals surface area contributed by atoms with Crippen molar-refractivity contribution in [3.63, 3.8) is 0 Å². The van der Waals surface area contributed by atoms with E-state index in [1.165, 1.54) is 0 Å². The zero-order chi connectivity index (χ0) is 19.6. The molecule has 0 aromatic carbocycles. The average Bonchev–Trinajstić information content (AvgIpc) is 2.53. The third-order valence-corrected chi connectivity index (χ3v) is 5.02. The van der Waals surface area contributed by atoms with E-state index < -0.39 is 43.4 Å². The number of allylic oxidation sites excluding steroid dienone is 3. The van der Waals surface area contributed by atoms with Gasteiger partial charge in [-0.05, 0) is 24.8 Å². The normalized spacial score (nSPS) is 36.6. The smallest absolute Gasteiger partial charge is 0.187 e. The largest absolute Gasteiger partial charge is 0.394 e. The molecule has 0 aromatic rings. The SMILES string of the molecule is CC1=C(C=C[C@@H](C)O[C@@H]2O[C@H](CO)[C@@H](O)[C@H](O)[C@H]2O)C(C)(C)CC(=O)C1. The molecule has 1 fully saturated rings. The lowest BCUT2D eigenvalue weighted by molar-refractivity contribution is -0.306. The molecule has 148 valence electrons. The van der Waals surface area contributed by atoms with Crippen LogP contribution in [0.1, 0.15) is 40.5 Å². The molecule has 2 aliphatic rings. The second kappa shape index (κ2) is 8.29. The maximum Gasteiger partial charge on any atom is 0.187 e. The molecular formula is C19H30O7. The number of rotatable bonds is 5. The number of carbonyl (C=O) groups excluding carboxylic acids is 1. The molecule has 0 bridgehead atoms. The molecule has 0 spiro atoms. The summed E-state index contributed by atoms with van der Waals surface area (Å²) in [5, 5.41) is 38.9. The molecule has 0 saturated carbocycles. The summed E-state index contributed by atoms with van der Waals surface area (Å²) < 4.78 is 11.0. The van der Waals surface area contributed by atoms with Crippen LogP contribution >= 0.6 is 0 Å². The second-order valence-electron chi connectivity index (χ2n) is 7.87. The maximum atomic E-state index is 11.8. The summed E-state index contributed by atoms with van der Waals surface area (Å²) in [4.78, 5) is 11.8. The Morgan fingerprint density at radius 3 is 2.50 bits per heavy atom. The highest BCUT2D eigenvalue weighted by Crippen LogP contribution is 2.39. The van der Waals surface area contributed by atoms with E-state index in [-0.39, 0.29) is 11.2 Å². The van der Waals surface area contributed by atoms with Gasteiger partial charge < -0.3 is 29.9 Å². The predicted molar refractivity (Wildman–Crippen MR) is 94.2 cm³/mol. The summed E-state index contributed by atoms with van der Waals surface area (Å²) in [5.41, 5.74) is 1.86. The van der Waals surface area contributed by atoms with Gasteiger partial charge in [-0.3, -0.25) is 4.79 Å². The van der Waals surface area contributed by atoms with Gasteiger partial charge in [0.1, 0.15) is 30.2 Å². The fraction of sp³-hybridized carbons (Fsp3) is 0.737. The van der Waals surface area contributed by atoms with Crippen molar-refractivity contribution in [2.45, 2.75) is 77.3 Å². The van der Waals surface area contributed by atoms with E-state index in [1.807, 2.05) is 26.8 Å². The minimum atomic E-state index is -1.46. The quantitative estimate of drug-likeness (QED) is 0.555. The molecule has 4 N–H and O–H groups in total. The minimum absolute atomic E-state index is 0.232. The Morgan fingerprint density at radius 1 is 1.27 bits per heavy atom. The Balaban J connectivity index is 2.06. The van der Waals surface area contributed by atoms with Crippen LogP contribution in [0.3, 0.4) is 0 Å². The van der Waals surface area contributed by atoms with Gasteiger partial charge in [-0.2, -0.15) is 0 Å². The molecule has 1 aliphatic carbocycles. The highest BCUT2D eigenvalue weighted by Gasteiger charge is 2.44. The second-order valence-corrected chi connectivity index (χ2v) is 7.87. The number of Topliss-reactive ketones (excluding diaryl/α,β-unsaturated/α-hetero) is 1. The molecule has 0 radical (unpaired) electrons. The number of carbonyl (C=O) groups is 1. The van der Waals surface area contributed by atoms with Gasteiger partial charge in [0.2, 0.25) is 0 Å². The van der Waals surface area contributed by atoms with E-state index in [0.29, 0.717) is 12.8 Å². The first-order chi connectivity index (χ1) is 12.1. The zero-order valence-corrected chi connectivity index (χ0v) is 15.8. The third-order valence-electron chi connectivity index (χ3n) is 5.02. The first kappa shape index (κ1) is 21.2. The zero-order valence-electron chi connectivity index (χ0n) is 15.8. The highest BCUT2D eigenvalue weighted by molar-refractivity contribution is 5.84. The molecule has 1 saturated heterocycles. The standard InChI is InChI=1S/C19H30O7/c1-10-7-12(21)8-19(3,4)13(10)6-5-11(2)25-18-17(24)16(23)15(22)14(9-20)26-18/h5-6,11,14-18,20,22-24H,7-9H2,1-4H3/t11-,14-,15-,16+,17-,18-/m1/s1. The molecule has 2 rings (SSSR count). The average molecular weight is 370 g/mol. The number of ether oxygens (including phenoxy) is 2. The molecular weight excluding hydrogens is 340 g/mol. The van der Waals surface area contributed by atoms with Crippen molar-refractivity contribution in [1.29, 1.82) is 0 Å². The Hall–Kier alpha value is -1.09. The van der Waals surface area contributed by atoms with Crippen molar-refractivity contribution in [3.05, 3.63) is 23.3 Å². The number of aliphatic hydroxyl groups excluding tert-OH is 4. The Morgan fingerprint density at radius 2 is 1.92 bits per heavy atom. The van der Waals surface area contributed by atoms with Crippen molar-refractivity contribution >= 4 is 5.78 Å². The van der Waals surface area contributed by atoms with Gasteiger partial charge in [-0.25, -0.2) is 0 Å². The van der Waals surface area contributed by atoms with Gasteiger partial charge in [0.15, 0.2) is 6.29 Å². The van der Waals surface area contributed by atoms with Gasteiger partial charge >= 0.3 is 0 Å². The topological polar surface area (TPSA) is 116 Å². The lowest BCUT2D eigenvalue weighted by atomic mass is 9.72. The number of hydrogen-bond acceptors (Lipinski definition) is 7. The lowest BCUT2D eigenvalue weighted by Crippen LogP contribution is -2.59. The van der Waals surface area contributed by atoms with Crippen molar-refractivity contribution in [2.24, 2.45) is 5.41 Å². The summed E-state index contributed by atoms with van der Waals surface area (Å²) in [6.07, 6.45) is -2.24. The van der Waals surface area contributed by atoms with Gasteiger partial charge in [-0.1, -0.05) is 31.6 Å². The molecule has 0 unspecified atom stereocenters. The Labute approximate surface area is 153 Å². The molecule has 6 atom stereocenters. The minimum Gasteiger partial charge on any atom is -0.394 e. The first-order valence-electron chi connectivity index (χ1n) is 8.93. The van der Waals surface area contributed by atoms with Crippen LogP contribution in [-0.4, -0.2) is 69.6 Å². The molecule has 26 heavy (non-hydrogen) atoms. The highest BCUT2D eigenvalue weighted by atomic mass is 16.7. The van der Waals surface area contributed by atoms with Crippen molar-refractivity contribution in [2.75, 3.05) is 6.61 Å². The van der Waals surface area contributed by atoms with Crippen molar-refractivity contribution in [1.82, 2.24) is 0 Å². The maximum absolute atomic E-state index is 11.8. The van der Waals surface area contributed by atoms with Crippen LogP contribution < -0.4 is 0 Å². The summed E-state index contributed by atoms with van der Waals surface area (Å²) in [7, 11) is 0. The fourth-order valence-electron chi connectivity index (χ4n) is 3.66. The molecule has 7 nitrogen and oxygen atoms in total. The lowest BCUT2D eigenvalue weighted by Gasteiger charge is -2.40. The van der Waals surface area contributed by atoms with Gasteiger partial charge in [0.05, 0.1) is 12.7 Å². The summed E-state index contributed by atoms with van der Waals surface area (Å²) >= 11 is 0. The first-order valence-corrected chi connectivity index (χ1v) is 8.93. The van der Waals surface area contributed by atoms with E-state index >= 15 is 0 Å². The molecule has 0 aromatic heterocycles. The van der Waals surface area contributed by atoms with Crippen LogP contribution in [0, 0.1) is 5.41 Å². The van der Waals surface area contributed by atoms with Crippen LogP contribution in [0.2, 0.25) is 0 Å². The summed E-state index contributed by atoms with van der Waals surface area (Å²) in [6.45, 7) is 7.26. The van der Waals surface area contributed by atoms with Crippen LogP contribution in [0.15, 0.2) is 23.3 Å². The van der Waals surface area contributed by atoms with Crippen LogP contribution in [0.25, 0.3) is 0 Å². The van der Waals surface area contributed by atoms with E-state index in [1.54, 1.807) is 13.0 Å². The number of hydrogen-bond donors (Lipinski definition) is 4. The summed E-state index contributed by atoms with van der Waals surface area (Å²) in [6, 6.07) is 0. The van der Waals surface area contributed by atoms with Crippen LogP contribution in [0.5, 0.6) is 0 Å². The monoisotopic (exact) mass is 370 g/mol. The van der Waals surface area contributed by atoms with Gasteiger partial charge in [0, 0.05) is 12.8 Å². The van der Waals surface area contributed by atoms with E-state index in [0.717, 1.165) is 11.1 Å². The van der Waals surface area contributed by atoms with Gasteiger partial charge in [-0.15, -0.1) is 0 Å². The molecule has 7 heteroatoms. The van der Waals surface area contributed by atoms with Crippen LogP contribution in [0.4, 0.5) is 0 Å². The summed E-state index contributed by atoms with van der Waals surface area (Å²) in [5.74, 6) is 0.232. The fourth-order valence-corrected chi connectivity index (χ4v) is 3.66. The van der Waals surface area contributed by atoms with E-state index in [9.17, 15) is 25.2 Å².